The number of aromatic nitrogens is 3. The molecule has 5 heteroatoms. The van der Waals surface area contributed by atoms with Crippen LogP contribution in [0, 0.1) is 0 Å². The maximum Gasteiger partial charge on any atom is 0.213 e. The Labute approximate surface area is 145 Å². The molecule has 0 fully saturated rings. The maximum absolute atomic E-state index is 6.11. The number of hydrogen-bond acceptors (Lipinski definition) is 5. The number of hydrogen-bond donors (Lipinski definition) is 1. The smallest absolute Gasteiger partial charge is 0.213 e. The first-order valence-electron chi connectivity index (χ1n) is 7.87. The van der Waals surface area contributed by atoms with Crippen molar-refractivity contribution in [2.45, 2.75) is 0 Å². The Bertz CT molecular complexity index is 1060. The van der Waals surface area contributed by atoms with E-state index in [0.29, 0.717) is 17.3 Å². The Kier molecular flexibility index (Phi) is 3.74. The van der Waals surface area contributed by atoms with Crippen molar-refractivity contribution >= 4 is 16.6 Å². The van der Waals surface area contributed by atoms with Crippen LogP contribution in [-0.4, -0.2) is 22.1 Å². The molecule has 0 amide bonds. The maximum atomic E-state index is 6.11. The molecular weight excluding hydrogens is 312 g/mol. The van der Waals surface area contributed by atoms with Crippen LogP contribution in [0.1, 0.15) is 0 Å². The fraction of sp³-hybridized carbons (Fsp3) is 0.0500. The van der Waals surface area contributed by atoms with Crippen LogP contribution in [-0.2, 0) is 0 Å². The van der Waals surface area contributed by atoms with Gasteiger partial charge in [0.1, 0.15) is 0 Å². The van der Waals surface area contributed by atoms with E-state index < -0.39 is 0 Å². The second kappa shape index (κ2) is 6.20. The SMILES string of the molecule is COc1ccc(N)c(-c2ccnc(-c3cccc4ncccc34)c2)n1. The Morgan fingerprint density at radius 2 is 1.84 bits per heavy atom. The van der Waals surface area contributed by atoms with Gasteiger partial charge in [0.05, 0.1) is 29.7 Å². The van der Waals surface area contributed by atoms with Crippen molar-refractivity contribution < 1.29 is 4.74 Å². The van der Waals surface area contributed by atoms with E-state index in [1.54, 1.807) is 31.6 Å². The normalized spacial score (nSPS) is 10.8. The van der Waals surface area contributed by atoms with Crippen LogP contribution in [0.5, 0.6) is 5.88 Å². The third-order valence-corrected chi connectivity index (χ3v) is 4.07. The Morgan fingerprint density at radius 1 is 0.920 bits per heavy atom. The average molecular weight is 328 g/mol. The fourth-order valence-corrected chi connectivity index (χ4v) is 2.85. The number of methoxy groups -OCH3 is 1. The number of pyridine rings is 3. The quantitative estimate of drug-likeness (QED) is 0.616. The van der Waals surface area contributed by atoms with Crippen LogP contribution in [0.3, 0.4) is 0 Å². The molecule has 4 aromatic rings. The zero-order chi connectivity index (χ0) is 17.2. The molecule has 4 rings (SSSR count). The van der Waals surface area contributed by atoms with Gasteiger partial charge in [-0.3, -0.25) is 9.97 Å². The van der Waals surface area contributed by atoms with E-state index in [1.165, 1.54) is 0 Å². The van der Waals surface area contributed by atoms with E-state index in [0.717, 1.165) is 27.7 Å². The van der Waals surface area contributed by atoms with Crippen LogP contribution >= 0.6 is 0 Å². The van der Waals surface area contributed by atoms with Crippen molar-refractivity contribution in [2.24, 2.45) is 0 Å². The molecule has 0 saturated carbocycles. The molecule has 122 valence electrons. The Morgan fingerprint density at radius 3 is 2.72 bits per heavy atom. The van der Waals surface area contributed by atoms with Gasteiger partial charge in [-0.15, -0.1) is 0 Å². The highest BCUT2D eigenvalue weighted by Gasteiger charge is 2.10. The van der Waals surface area contributed by atoms with E-state index in [4.69, 9.17) is 10.5 Å². The summed E-state index contributed by atoms with van der Waals surface area (Å²) in [6.07, 6.45) is 3.55. The Balaban J connectivity index is 1.88. The molecule has 2 N–H and O–H groups in total. The molecule has 25 heavy (non-hydrogen) atoms. The molecule has 0 aliphatic rings. The van der Waals surface area contributed by atoms with E-state index in [-0.39, 0.29) is 0 Å². The molecule has 0 bridgehead atoms. The van der Waals surface area contributed by atoms with Crippen molar-refractivity contribution in [1.29, 1.82) is 0 Å². The van der Waals surface area contributed by atoms with Gasteiger partial charge in [0.15, 0.2) is 0 Å². The number of anilines is 1. The number of nitrogens with zero attached hydrogens (tertiary/aromatic N) is 3. The lowest BCUT2D eigenvalue weighted by molar-refractivity contribution is 0.398. The standard InChI is InChI=1S/C20H16N4O/c1-25-19-8-7-16(21)20(24-19)13-9-11-23-18(12-13)15-4-2-6-17-14(15)5-3-10-22-17/h2-12H,21H2,1H3. The summed E-state index contributed by atoms with van der Waals surface area (Å²) in [6, 6.07) is 17.4. The molecule has 5 nitrogen and oxygen atoms in total. The summed E-state index contributed by atoms with van der Waals surface area (Å²) in [5, 5.41) is 1.06. The summed E-state index contributed by atoms with van der Waals surface area (Å²) in [6.45, 7) is 0. The first-order valence-corrected chi connectivity index (χ1v) is 7.87. The molecule has 3 heterocycles. The number of ether oxygens (including phenoxy) is 1. The lowest BCUT2D eigenvalue weighted by Gasteiger charge is -2.10. The van der Waals surface area contributed by atoms with Gasteiger partial charge < -0.3 is 10.5 Å². The highest BCUT2D eigenvalue weighted by molar-refractivity contribution is 5.94. The molecule has 0 radical (unpaired) electrons. The third kappa shape index (κ3) is 2.76. The van der Waals surface area contributed by atoms with Crippen molar-refractivity contribution in [3.8, 4) is 28.4 Å². The second-order valence-electron chi connectivity index (χ2n) is 5.60. The minimum absolute atomic E-state index is 0.525. The fourth-order valence-electron chi connectivity index (χ4n) is 2.85. The first-order chi connectivity index (χ1) is 12.3. The topological polar surface area (TPSA) is 73.9 Å². The van der Waals surface area contributed by atoms with Gasteiger partial charge in [-0.25, -0.2) is 4.98 Å². The molecule has 0 spiro atoms. The van der Waals surface area contributed by atoms with E-state index >= 15 is 0 Å². The van der Waals surface area contributed by atoms with Crippen molar-refractivity contribution in [3.05, 3.63) is 67.0 Å². The molecule has 3 aromatic heterocycles. The number of benzene rings is 1. The highest BCUT2D eigenvalue weighted by Crippen LogP contribution is 2.31. The highest BCUT2D eigenvalue weighted by atomic mass is 16.5. The Hall–Kier alpha value is -3.47. The third-order valence-electron chi connectivity index (χ3n) is 4.07. The van der Waals surface area contributed by atoms with E-state index in [9.17, 15) is 0 Å². The zero-order valence-corrected chi connectivity index (χ0v) is 13.7. The molecular formula is C20H16N4O. The number of rotatable bonds is 3. The average Bonchev–Trinajstić information content (AvgIpc) is 2.68. The van der Waals surface area contributed by atoms with Gasteiger partial charge >= 0.3 is 0 Å². The van der Waals surface area contributed by atoms with Crippen molar-refractivity contribution in [2.75, 3.05) is 12.8 Å². The van der Waals surface area contributed by atoms with Crippen LogP contribution in [0.4, 0.5) is 5.69 Å². The summed E-state index contributed by atoms with van der Waals surface area (Å²) in [5.74, 6) is 0.525. The van der Waals surface area contributed by atoms with Gasteiger partial charge in [-0.05, 0) is 30.3 Å². The molecule has 0 aliphatic carbocycles. The number of nitrogen functional groups attached to an aromatic ring is 1. The number of nitrogens with two attached hydrogens (primary N) is 1. The summed E-state index contributed by atoms with van der Waals surface area (Å²) in [4.78, 5) is 13.4. The monoisotopic (exact) mass is 328 g/mol. The van der Waals surface area contributed by atoms with E-state index in [2.05, 4.69) is 15.0 Å². The number of fused-ring (bicyclic) bond motifs is 1. The first kappa shape index (κ1) is 15.1. The predicted octanol–water partition coefficient (Wildman–Crippen LogP) is 3.95. The largest absolute Gasteiger partial charge is 0.481 e. The van der Waals surface area contributed by atoms with Crippen LogP contribution < -0.4 is 10.5 Å². The molecule has 1 aromatic carbocycles. The predicted molar refractivity (Wildman–Crippen MR) is 99.2 cm³/mol. The minimum atomic E-state index is 0.525. The van der Waals surface area contributed by atoms with Crippen LogP contribution in [0.2, 0.25) is 0 Å². The van der Waals surface area contributed by atoms with Gasteiger partial charge in [-0.1, -0.05) is 18.2 Å². The lowest BCUT2D eigenvalue weighted by atomic mass is 10.0. The molecule has 0 atom stereocenters. The second-order valence-corrected chi connectivity index (χ2v) is 5.60. The molecule has 0 aliphatic heterocycles. The van der Waals surface area contributed by atoms with Gasteiger partial charge in [0.25, 0.3) is 0 Å². The molecule has 0 saturated heterocycles. The molecule has 0 unspecified atom stereocenters. The van der Waals surface area contributed by atoms with Crippen LogP contribution in [0.25, 0.3) is 33.4 Å². The summed E-state index contributed by atoms with van der Waals surface area (Å²) in [7, 11) is 1.59. The van der Waals surface area contributed by atoms with Gasteiger partial charge in [-0.2, -0.15) is 0 Å². The minimum Gasteiger partial charge on any atom is -0.481 e. The van der Waals surface area contributed by atoms with Gasteiger partial charge in [0, 0.05) is 35.0 Å². The van der Waals surface area contributed by atoms with Crippen molar-refractivity contribution in [1.82, 2.24) is 15.0 Å². The zero-order valence-electron chi connectivity index (χ0n) is 13.7. The van der Waals surface area contributed by atoms with Gasteiger partial charge in [0.2, 0.25) is 5.88 Å². The summed E-state index contributed by atoms with van der Waals surface area (Å²) >= 11 is 0. The summed E-state index contributed by atoms with van der Waals surface area (Å²) in [5.41, 5.74) is 11.1. The van der Waals surface area contributed by atoms with E-state index in [1.807, 2.05) is 42.5 Å². The lowest BCUT2D eigenvalue weighted by Crippen LogP contribution is -1.97. The van der Waals surface area contributed by atoms with Crippen molar-refractivity contribution in [3.63, 3.8) is 0 Å². The van der Waals surface area contributed by atoms with Crippen LogP contribution in [0.15, 0.2) is 67.0 Å². The summed E-state index contributed by atoms with van der Waals surface area (Å²) < 4.78 is 5.21.